The van der Waals surface area contributed by atoms with E-state index in [4.69, 9.17) is 4.74 Å². The van der Waals surface area contributed by atoms with Crippen LogP contribution in [0.1, 0.15) is 24.1 Å². The molecule has 1 aromatic heterocycles. The predicted octanol–water partition coefficient (Wildman–Crippen LogP) is 1.90. The first-order valence-corrected chi connectivity index (χ1v) is 7.98. The Morgan fingerprint density at radius 1 is 1.29 bits per heavy atom. The average molecular weight is 326 g/mol. The van der Waals surface area contributed by atoms with Crippen molar-refractivity contribution in [1.29, 1.82) is 0 Å². The van der Waals surface area contributed by atoms with Gasteiger partial charge >= 0.3 is 0 Å². The average Bonchev–Trinajstić information content (AvgIpc) is 3.41. The third-order valence-corrected chi connectivity index (χ3v) is 4.34. The molecule has 1 saturated carbocycles. The maximum Gasteiger partial charge on any atom is 0.231 e. The third-order valence-electron chi connectivity index (χ3n) is 4.34. The highest BCUT2D eigenvalue weighted by Crippen LogP contribution is 2.51. The molecule has 0 spiro atoms. The van der Waals surface area contributed by atoms with Crippen LogP contribution in [0.15, 0.2) is 36.5 Å². The Hall–Kier alpha value is -2.63. The number of aromatic nitrogens is 2. The summed E-state index contributed by atoms with van der Waals surface area (Å²) < 4.78 is 5.42. The summed E-state index contributed by atoms with van der Waals surface area (Å²) in [4.78, 5) is 23.2. The molecule has 0 aliphatic heterocycles. The SMILES string of the molecule is COc1ccccc1C1(C(=O)NCc2ccnc(N(C)C)n2)CC1. The standard InChI is InChI=1S/C18H22N4O2/c1-22(2)17-19-11-8-13(21-17)12-20-16(23)18(9-10-18)14-6-4-5-7-15(14)24-3/h4-8,11H,9-10,12H2,1-3H3,(H,20,23). The van der Waals surface area contributed by atoms with Crippen LogP contribution >= 0.6 is 0 Å². The lowest BCUT2D eigenvalue weighted by Gasteiger charge is -2.18. The molecule has 0 saturated heterocycles. The van der Waals surface area contributed by atoms with E-state index in [0.717, 1.165) is 29.8 Å². The quantitative estimate of drug-likeness (QED) is 0.878. The van der Waals surface area contributed by atoms with Gasteiger partial charge < -0.3 is 15.0 Å². The minimum Gasteiger partial charge on any atom is -0.496 e. The molecule has 6 nitrogen and oxygen atoms in total. The zero-order valence-corrected chi connectivity index (χ0v) is 14.2. The summed E-state index contributed by atoms with van der Waals surface area (Å²) in [5.74, 6) is 1.42. The van der Waals surface area contributed by atoms with Gasteiger partial charge in [-0.1, -0.05) is 18.2 Å². The molecule has 1 heterocycles. The summed E-state index contributed by atoms with van der Waals surface area (Å²) in [5.41, 5.74) is 1.28. The summed E-state index contributed by atoms with van der Waals surface area (Å²) in [7, 11) is 5.41. The molecule has 126 valence electrons. The molecule has 3 rings (SSSR count). The van der Waals surface area contributed by atoms with Crippen molar-refractivity contribution in [3.63, 3.8) is 0 Å². The monoisotopic (exact) mass is 326 g/mol. The molecule has 1 aliphatic rings. The van der Waals surface area contributed by atoms with Gasteiger partial charge in [0.2, 0.25) is 11.9 Å². The largest absolute Gasteiger partial charge is 0.496 e. The van der Waals surface area contributed by atoms with Crippen molar-refractivity contribution < 1.29 is 9.53 Å². The normalized spacial score (nSPS) is 14.8. The Morgan fingerprint density at radius 3 is 2.71 bits per heavy atom. The van der Waals surface area contributed by atoms with Crippen molar-refractivity contribution >= 4 is 11.9 Å². The summed E-state index contributed by atoms with van der Waals surface area (Å²) in [6.45, 7) is 0.388. The van der Waals surface area contributed by atoms with E-state index in [1.54, 1.807) is 13.3 Å². The minimum absolute atomic E-state index is 0.0250. The smallest absolute Gasteiger partial charge is 0.231 e. The van der Waals surface area contributed by atoms with Crippen molar-refractivity contribution in [3.05, 3.63) is 47.8 Å². The van der Waals surface area contributed by atoms with Crippen molar-refractivity contribution in [2.45, 2.75) is 24.8 Å². The van der Waals surface area contributed by atoms with Gasteiger partial charge in [-0.25, -0.2) is 9.97 Å². The van der Waals surface area contributed by atoms with Gasteiger partial charge in [-0.3, -0.25) is 4.79 Å². The van der Waals surface area contributed by atoms with E-state index in [1.807, 2.05) is 49.3 Å². The van der Waals surface area contributed by atoms with Crippen molar-refractivity contribution in [1.82, 2.24) is 15.3 Å². The lowest BCUT2D eigenvalue weighted by molar-refractivity contribution is -0.123. The number of para-hydroxylation sites is 1. The maximum atomic E-state index is 12.8. The van der Waals surface area contributed by atoms with Crippen LogP contribution in [0.25, 0.3) is 0 Å². The minimum atomic E-state index is -0.468. The van der Waals surface area contributed by atoms with Crippen LogP contribution in [0.2, 0.25) is 0 Å². The fraction of sp³-hybridized carbons (Fsp3) is 0.389. The molecule has 6 heteroatoms. The second-order valence-corrected chi connectivity index (χ2v) is 6.21. The summed E-state index contributed by atoms with van der Waals surface area (Å²) in [6.07, 6.45) is 3.38. The molecule has 24 heavy (non-hydrogen) atoms. The van der Waals surface area contributed by atoms with Crippen LogP contribution in [0.4, 0.5) is 5.95 Å². The molecule has 0 bridgehead atoms. The first kappa shape index (κ1) is 16.2. The molecule has 0 unspecified atom stereocenters. The van der Waals surface area contributed by atoms with E-state index in [0.29, 0.717) is 12.5 Å². The lowest BCUT2D eigenvalue weighted by Crippen LogP contribution is -2.34. The number of rotatable bonds is 6. The van der Waals surface area contributed by atoms with E-state index < -0.39 is 5.41 Å². The highest BCUT2D eigenvalue weighted by atomic mass is 16.5. The highest BCUT2D eigenvalue weighted by Gasteiger charge is 2.52. The number of hydrogen-bond acceptors (Lipinski definition) is 5. The second-order valence-electron chi connectivity index (χ2n) is 6.21. The molecule has 1 aliphatic carbocycles. The van der Waals surface area contributed by atoms with Crippen LogP contribution in [-0.4, -0.2) is 37.1 Å². The molecule has 1 aromatic carbocycles. The van der Waals surface area contributed by atoms with Gasteiger partial charge in [0.1, 0.15) is 5.75 Å². The predicted molar refractivity (Wildman–Crippen MR) is 92.1 cm³/mol. The van der Waals surface area contributed by atoms with Crippen LogP contribution < -0.4 is 15.0 Å². The molecular weight excluding hydrogens is 304 g/mol. The van der Waals surface area contributed by atoms with Crippen LogP contribution in [0, 0.1) is 0 Å². The van der Waals surface area contributed by atoms with E-state index in [9.17, 15) is 4.79 Å². The zero-order valence-electron chi connectivity index (χ0n) is 14.2. The molecular formula is C18H22N4O2. The topological polar surface area (TPSA) is 67.3 Å². The van der Waals surface area contributed by atoms with Crippen LogP contribution in [-0.2, 0) is 16.8 Å². The van der Waals surface area contributed by atoms with E-state index in [1.165, 1.54) is 0 Å². The van der Waals surface area contributed by atoms with E-state index in [2.05, 4.69) is 15.3 Å². The summed E-state index contributed by atoms with van der Waals surface area (Å²) in [6, 6.07) is 9.55. The fourth-order valence-electron chi connectivity index (χ4n) is 2.82. The molecule has 0 radical (unpaired) electrons. The Morgan fingerprint density at radius 2 is 2.04 bits per heavy atom. The van der Waals surface area contributed by atoms with Gasteiger partial charge in [-0.05, 0) is 25.0 Å². The second kappa shape index (κ2) is 6.47. The van der Waals surface area contributed by atoms with Crippen molar-refractivity contribution in [3.8, 4) is 5.75 Å². The van der Waals surface area contributed by atoms with Gasteiger partial charge in [-0.15, -0.1) is 0 Å². The number of carbonyl (C=O) groups excluding carboxylic acids is 1. The highest BCUT2D eigenvalue weighted by molar-refractivity contribution is 5.92. The Labute approximate surface area is 141 Å². The van der Waals surface area contributed by atoms with Gasteiger partial charge in [0.05, 0.1) is 24.8 Å². The number of carbonyl (C=O) groups is 1. The molecule has 2 aromatic rings. The van der Waals surface area contributed by atoms with Crippen LogP contribution in [0.5, 0.6) is 5.75 Å². The first-order valence-electron chi connectivity index (χ1n) is 7.98. The maximum absolute atomic E-state index is 12.8. The lowest BCUT2D eigenvalue weighted by atomic mass is 9.94. The number of amides is 1. The Balaban J connectivity index is 1.72. The fourth-order valence-corrected chi connectivity index (χ4v) is 2.82. The van der Waals surface area contributed by atoms with Gasteiger partial charge in [-0.2, -0.15) is 0 Å². The molecule has 1 N–H and O–H groups in total. The number of nitrogens with zero attached hydrogens (tertiary/aromatic N) is 3. The van der Waals surface area contributed by atoms with Crippen molar-refractivity contribution in [2.24, 2.45) is 0 Å². The number of anilines is 1. The van der Waals surface area contributed by atoms with E-state index in [-0.39, 0.29) is 5.91 Å². The van der Waals surface area contributed by atoms with Gasteiger partial charge in [0.15, 0.2) is 0 Å². The number of ether oxygens (including phenoxy) is 1. The number of hydrogen-bond donors (Lipinski definition) is 1. The first-order chi connectivity index (χ1) is 11.6. The van der Waals surface area contributed by atoms with E-state index >= 15 is 0 Å². The van der Waals surface area contributed by atoms with Crippen LogP contribution in [0.3, 0.4) is 0 Å². The summed E-state index contributed by atoms with van der Waals surface area (Å²) in [5, 5.41) is 3.01. The summed E-state index contributed by atoms with van der Waals surface area (Å²) >= 11 is 0. The van der Waals surface area contributed by atoms with Gasteiger partial charge in [0.25, 0.3) is 0 Å². The number of benzene rings is 1. The van der Waals surface area contributed by atoms with Gasteiger partial charge in [0, 0.05) is 25.9 Å². The molecule has 1 fully saturated rings. The number of methoxy groups -OCH3 is 1. The zero-order chi connectivity index (χ0) is 17.2. The third kappa shape index (κ3) is 3.04. The number of nitrogens with one attached hydrogen (secondary N) is 1. The Kier molecular flexibility index (Phi) is 4.38. The molecule has 0 atom stereocenters. The Bertz CT molecular complexity index is 741. The van der Waals surface area contributed by atoms with Crippen molar-refractivity contribution in [2.75, 3.05) is 26.1 Å². The molecule has 1 amide bonds.